The van der Waals surface area contributed by atoms with Crippen LogP contribution in [0, 0.1) is 10.1 Å². The Bertz CT molecular complexity index is 1820. The Morgan fingerprint density at radius 1 is 0.872 bits per heavy atom. The molecule has 5 aromatic rings. The quantitative estimate of drug-likeness (QED) is 0.0930. The highest BCUT2D eigenvalue weighted by molar-refractivity contribution is 7.93. The fourth-order valence-corrected chi connectivity index (χ4v) is 5.86. The number of hydrogen-bond acceptors (Lipinski definition) is 7. The molecule has 0 spiro atoms. The summed E-state index contributed by atoms with van der Waals surface area (Å²) in [6, 6.07) is 25.2. The maximum Gasteiger partial charge on any atom is 0.270 e. The van der Waals surface area contributed by atoms with Crippen LogP contribution in [-0.2, 0) is 10.0 Å². The van der Waals surface area contributed by atoms with E-state index >= 15 is 0 Å². The number of fused-ring (bicyclic) bond motifs is 2. The standard InChI is InChI=1S/C28H21ClN4O5S/c1-38-26-13-7-6-12-24(26)32-39(36,37)27-16-18(33(34)35)14-15-25(27)31-30-17-23-19-8-2-4-10-21(19)28(29)22-11-5-3-9-20(22)23/h2-17,31-32H,1H3/b30-17+. The van der Waals surface area contributed by atoms with E-state index in [1.807, 2.05) is 48.5 Å². The predicted octanol–water partition coefficient (Wildman–Crippen LogP) is 6.81. The molecule has 0 aliphatic carbocycles. The van der Waals surface area contributed by atoms with Crippen molar-refractivity contribution >= 4 is 66.4 Å². The van der Waals surface area contributed by atoms with Crippen LogP contribution >= 0.6 is 11.6 Å². The number of hydrogen-bond donors (Lipinski definition) is 2. The van der Waals surface area contributed by atoms with E-state index in [-0.39, 0.29) is 22.0 Å². The molecule has 0 bridgehead atoms. The van der Waals surface area contributed by atoms with Gasteiger partial charge in [0.15, 0.2) is 0 Å². The van der Waals surface area contributed by atoms with Crippen LogP contribution in [0.4, 0.5) is 17.1 Å². The van der Waals surface area contributed by atoms with E-state index < -0.39 is 14.9 Å². The van der Waals surface area contributed by atoms with Crippen molar-refractivity contribution in [3.05, 3.63) is 112 Å². The van der Waals surface area contributed by atoms with Gasteiger partial charge in [-0.2, -0.15) is 5.10 Å². The fourth-order valence-electron chi connectivity index (χ4n) is 4.28. The fraction of sp³-hybridized carbons (Fsp3) is 0.0357. The lowest BCUT2D eigenvalue weighted by molar-refractivity contribution is -0.385. The Balaban J connectivity index is 1.57. The number of non-ortho nitro benzene ring substituents is 1. The summed E-state index contributed by atoms with van der Waals surface area (Å²) in [5, 5.41) is 19.8. The third kappa shape index (κ3) is 5.07. The van der Waals surface area contributed by atoms with Crippen molar-refractivity contribution in [2.45, 2.75) is 4.90 Å². The molecular weight excluding hydrogens is 540 g/mol. The van der Waals surface area contributed by atoms with E-state index in [0.717, 1.165) is 33.2 Å². The maximum atomic E-state index is 13.4. The van der Waals surface area contributed by atoms with Crippen LogP contribution in [0.5, 0.6) is 5.75 Å². The minimum Gasteiger partial charge on any atom is -0.495 e. The third-order valence-electron chi connectivity index (χ3n) is 6.10. The summed E-state index contributed by atoms with van der Waals surface area (Å²) in [5.41, 5.74) is 3.37. The number of ether oxygens (including phenoxy) is 1. The molecule has 0 unspecified atom stereocenters. The Hall–Kier alpha value is -4.67. The van der Waals surface area contributed by atoms with Crippen molar-refractivity contribution in [3.63, 3.8) is 0 Å². The average molecular weight is 561 g/mol. The van der Waals surface area contributed by atoms with Crippen molar-refractivity contribution in [1.82, 2.24) is 0 Å². The summed E-state index contributed by atoms with van der Waals surface area (Å²) in [7, 11) is -2.88. The first-order valence-corrected chi connectivity index (χ1v) is 13.5. The van der Waals surface area contributed by atoms with E-state index in [9.17, 15) is 18.5 Å². The number of nitrogens with one attached hydrogen (secondary N) is 2. The van der Waals surface area contributed by atoms with Crippen molar-refractivity contribution in [3.8, 4) is 5.75 Å². The number of nitro groups is 1. The predicted molar refractivity (Wildman–Crippen MR) is 155 cm³/mol. The van der Waals surface area contributed by atoms with Gasteiger partial charge in [-0.25, -0.2) is 8.42 Å². The zero-order valence-corrected chi connectivity index (χ0v) is 22.0. The van der Waals surface area contributed by atoms with Gasteiger partial charge in [-0.1, -0.05) is 72.3 Å². The molecule has 9 nitrogen and oxygen atoms in total. The molecule has 0 radical (unpaired) electrons. The minimum atomic E-state index is -4.29. The minimum absolute atomic E-state index is 0.0434. The lowest BCUT2D eigenvalue weighted by atomic mass is 9.97. The Labute approximate surface area is 228 Å². The number of sulfonamides is 1. The molecule has 0 saturated heterocycles. The molecule has 11 heteroatoms. The molecule has 0 fully saturated rings. The largest absolute Gasteiger partial charge is 0.495 e. The summed E-state index contributed by atoms with van der Waals surface area (Å²) >= 11 is 6.68. The normalized spacial score (nSPS) is 11.6. The Morgan fingerprint density at radius 3 is 2.08 bits per heavy atom. The highest BCUT2D eigenvalue weighted by Crippen LogP contribution is 2.36. The van der Waals surface area contributed by atoms with E-state index in [1.54, 1.807) is 24.4 Å². The number of nitro benzene ring substituents is 1. The highest BCUT2D eigenvalue weighted by Gasteiger charge is 2.24. The smallest absolute Gasteiger partial charge is 0.270 e. The first-order valence-electron chi connectivity index (χ1n) is 11.6. The van der Waals surface area contributed by atoms with Crippen molar-refractivity contribution in [2.24, 2.45) is 5.10 Å². The Morgan fingerprint density at radius 2 is 1.46 bits per heavy atom. The van der Waals surface area contributed by atoms with Crippen molar-refractivity contribution in [1.29, 1.82) is 0 Å². The number of methoxy groups -OCH3 is 1. The third-order valence-corrected chi connectivity index (χ3v) is 7.92. The second kappa shape index (κ2) is 10.6. The van der Waals surface area contributed by atoms with Crippen LogP contribution in [0.25, 0.3) is 21.5 Å². The summed E-state index contributed by atoms with van der Waals surface area (Å²) < 4.78 is 34.4. The molecule has 0 amide bonds. The van der Waals surface area contributed by atoms with Crippen LogP contribution in [-0.4, -0.2) is 26.7 Å². The first kappa shape index (κ1) is 26.0. The zero-order valence-electron chi connectivity index (χ0n) is 20.5. The Kier molecular flexibility index (Phi) is 7.05. The molecule has 0 aliphatic rings. The number of hydrazone groups is 1. The van der Waals surface area contributed by atoms with Crippen LogP contribution in [0.2, 0.25) is 5.02 Å². The molecule has 0 aromatic heterocycles. The molecule has 0 aliphatic heterocycles. The second-order valence-corrected chi connectivity index (χ2v) is 10.5. The number of nitrogens with zero attached hydrogens (tertiary/aromatic N) is 2. The lowest BCUT2D eigenvalue weighted by Crippen LogP contribution is -2.15. The van der Waals surface area contributed by atoms with E-state index in [2.05, 4.69) is 15.2 Å². The maximum absolute atomic E-state index is 13.4. The molecule has 0 heterocycles. The lowest BCUT2D eigenvalue weighted by Gasteiger charge is -2.14. The first-order chi connectivity index (χ1) is 18.8. The van der Waals surface area contributed by atoms with Gasteiger partial charge < -0.3 is 4.74 Å². The topological polar surface area (TPSA) is 123 Å². The van der Waals surface area contributed by atoms with Gasteiger partial charge in [-0.3, -0.25) is 20.3 Å². The van der Waals surface area contributed by atoms with Gasteiger partial charge in [-0.05, 0) is 29.0 Å². The summed E-state index contributed by atoms with van der Waals surface area (Å²) in [4.78, 5) is 10.4. The van der Waals surface area contributed by atoms with Crippen LogP contribution in [0.15, 0.2) is 101 Å². The summed E-state index contributed by atoms with van der Waals surface area (Å²) in [5.74, 6) is 0.292. The number of anilines is 2. The highest BCUT2D eigenvalue weighted by atomic mass is 35.5. The van der Waals surface area contributed by atoms with Gasteiger partial charge >= 0.3 is 0 Å². The van der Waals surface area contributed by atoms with Gasteiger partial charge in [0.1, 0.15) is 10.6 Å². The summed E-state index contributed by atoms with van der Waals surface area (Å²) in [6.07, 6.45) is 1.58. The van der Waals surface area contributed by atoms with Gasteiger partial charge in [0, 0.05) is 28.5 Å². The van der Waals surface area contributed by atoms with Crippen molar-refractivity contribution in [2.75, 3.05) is 17.3 Å². The van der Waals surface area contributed by atoms with Gasteiger partial charge in [-0.15, -0.1) is 0 Å². The molecule has 0 atom stereocenters. The molecular formula is C28H21ClN4O5S. The molecule has 5 aromatic carbocycles. The molecule has 39 heavy (non-hydrogen) atoms. The van der Waals surface area contributed by atoms with Crippen LogP contribution in [0.3, 0.4) is 0 Å². The average Bonchev–Trinajstić information content (AvgIpc) is 2.95. The van der Waals surface area contributed by atoms with Crippen LogP contribution < -0.4 is 14.9 Å². The number of halogens is 1. The molecule has 2 N–H and O–H groups in total. The molecule has 5 rings (SSSR count). The van der Waals surface area contributed by atoms with Gasteiger partial charge in [0.05, 0.1) is 34.6 Å². The van der Waals surface area contributed by atoms with E-state index in [0.29, 0.717) is 10.8 Å². The molecule has 196 valence electrons. The van der Waals surface area contributed by atoms with Gasteiger partial charge in [0.25, 0.3) is 15.7 Å². The number of benzene rings is 5. The zero-order chi connectivity index (χ0) is 27.6. The van der Waals surface area contributed by atoms with E-state index in [4.69, 9.17) is 16.3 Å². The molecule has 0 saturated carbocycles. The van der Waals surface area contributed by atoms with Gasteiger partial charge in [0.2, 0.25) is 0 Å². The van der Waals surface area contributed by atoms with Crippen molar-refractivity contribution < 1.29 is 18.1 Å². The SMILES string of the molecule is COc1ccccc1NS(=O)(=O)c1cc([N+](=O)[O-])ccc1N/N=C/c1c2ccccc2c(Cl)c2ccccc12. The van der Waals surface area contributed by atoms with E-state index in [1.165, 1.54) is 25.3 Å². The number of rotatable bonds is 8. The summed E-state index contributed by atoms with van der Waals surface area (Å²) in [6.45, 7) is 0. The van der Waals surface area contributed by atoms with Crippen LogP contribution in [0.1, 0.15) is 5.56 Å². The number of para-hydroxylation sites is 2. The second-order valence-electron chi connectivity index (χ2n) is 8.43. The monoisotopic (exact) mass is 560 g/mol.